The fourth-order valence-corrected chi connectivity index (χ4v) is 5.92. The number of hydrogen-bond acceptors (Lipinski definition) is 4. The number of ether oxygens (including phenoxy) is 1. The van der Waals surface area contributed by atoms with Gasteiger partial charge in [-0.1, -0.05) is 69.3 Å². The molecular weight excluding hydrogens is 526 g/mol. The lowest BCUT2D eigenvalue weighted by atomic mass is 9.85. The Morgan fingerprint density at radius 2 is 1.71 bits per heavy atom. The Kier molecular flexibility index (Phi) is 10.4. The van der Waals surface area contributed by atoms with Gasteiger partial charge in [-0.15, -0.1) is 0 Å². The van der Waals surface area contributed by atoms with Crippen molar-refractivity contribution >= 4 is 11.9 Å². The van der Waals surface area contributed by atoms with Crippen LogP contribution in [0.2, 0.25) is 0 Å². The minimum atomic E-state index is -0.901. The molecule has 4 rings (SSSR count). The highest BCUT2D eigenvalue weighted by atomic mass is 16.5. The van der Waals surface area contributed by atoms with E-state index in [0.717, 1.165) is 67.6 Å². The van der Waals surface area contributed by atoms with Crippen LogP contribution in [0.3, 0.4) is 0 Å². The van der Waals surface area contributed by atoms with E-state index in [1.165, 1.54) is 11.1 Å². The zero-order valence-corrected chi connectivity index (χ0v) is 25.4. The van der Waals surface area contributed by atoms with Gasteiger partial charge in [0.25, 0.3) is 0 Å². The molecule has 0 fully saturated rings. The normalized spacial score (nSPS) is 15.7. The molecule has 2 N–H and O–H groups in total. The van der Waals surface area contributed by atoms with Crippen LogP contribution in [0.15, 0.2) is 66.7 Å². The summed E-state index contributed by atoms with van der Waals surface area (Å²) in [7, 11) is 0. The Labute approximate surface area is 250 Å². The molecule has 224 valence electrons. The molecule has 0 bridgehead atoms. The first-order valence-corrected chi connectivity index (χ1v) is 15.2. The molecule has 0 spiro atoms. The molecule has 1 aliphatic carbocycles. The highest BCUT2D eigenvalue weighted by Gasteiger charge is 2.27. The van der Waals surface area contributed by atoms with Crippen molar-refractivity contribution in [1.82, 2.24) is 4.90 Å². The van der Waals surface area contributed by atoms with Gasteiger partial charge >= 0.3 is 11.9 Å². The van der Waals surface area contributed by atoms with Gasteiger partial charge in [0.2, 0.25) is 0 Å². The topological polar surface area (TPSA) is 87.1 Å². The number of para-hydroxylation sites is 1. The minimum absolute atomic E-state index is 0.0963. The summed E-state index contributed by atoms with van der Waals surface area (Å²) in [6.45, 7) is 10.3. The Bertz CT molecular complexity index is 1360. The predicted octanol–water partition coefficient (Wildman–Crippen LogP) is 8.00. The molecule has 6 heteroatoms. The molecule has 1 aliphatic rings. The molecule has 0 heterocycles. The second kappa shape index (κ2) is 14.0. The van der Waals surface area contributed by atoms with Crippen LogP contribution in [-0.4, -0.2) is 40.1 Å². The van der Waals surface area contributed by atoms with Crippen LogP contribution in [-0.2, 0) is 23.1 Å². The van der Waals surface area contributed by atoms with Gasteiger partial charge < -0.3 is 14.9 Å². The summed E-state index contributed by atoms with van der Waals surface area (Å²) in [6.07, 6.45) is 5.17. The number of unbranched alkanes of at least 4 members (excludes halogenated alkanes) is 1. The number of hydrogen-bond donors (Lipinski definition) is 2. The molecule has 2 atom stereocenters. The van der Waals surface area contributed by atoms with Gasteiger partial charge in [0.05, 0.1) is 5.56 Å². The molecule has 6 nitrogen and oxygen atoms in total. The highest BCUT2D eigenvalue weighted by molar-refractivity contribution is 5.88. The third-order valence-corrected chi connectivity index (χ3v) is 8.39. The van der Waals surface area contributed by atoms with Crippen LogP contribution in [0.25, 0.3) is 0 Å². The van der Waals surface area contributed by atoms with Crippen molar-refractivity contribution < 1.29 is 24.5 Å². The average Bonchev–Trinajstić information content (AvgIpc) is 2.96. The Morgan fingerprint density at radius 3 is 2.40 bits per heavy atom. The number of rotatable bonds is 13. The van der Waals surface area contributed by atoms with Crippen molar-refractivity contribution in [1.29, 1.82) is 0 Å². The van der Waals surface area contributed by atoms with Crippen molar-refractivity contribution in [2.75, 3.05) is 13.1 Å². The van der Waals surface area contributed by atoms with Crippen LogP contribution >= 0.6 is 0 Å². The third kappa shape index (κ3) is 8.22. The lowest BCUT2D eigenvalue weighted by molar-refractivity contribution is -0.137. The number of aromatic carboxylic acids is 1. The van der Waals surface area contributed by atoms with Gasteiger partial charge in [0.15, 0.2) is 0 Å². The van der Waals surface area contributed by atoms with Gasteiger partial charge in [-0.3, -0.25) is 9.69 Å². The smallest absolute Gasteiger partial charge is 0.335 e. The van der Waals surface area contributed by atoms with Gasteiger partial charge in [-0.05, 0) is 103 Å². The first-order chi connectivity index (χ1) is 20.0. The van der Waals surface area contributed by atoms with E-state index in [2.05, 4.69) is 62.9 Å². The van der Waals surface area contributed by atoms with Gasteiger partial charge in [0.1, 0.15) is 11.9 Å². The first kappa shape index (κ1) is 31.3. The molecule has 0 aromatic heterocycles. The third-order valence-electron chi connectivity index (χ3n) is 8.39. The van der Waals surface area contributed by atoms with Crippen molar-refractivity contribution in [3.8, 4) is 5.75 Å². The van der Waals surface area contributed by atoms with Gasteiger partial charge in [0, 0.05) is 19.0 Å². The maximum absolute atomic E-state index is 11.6. The summed E-state index contributed by atoms with van der Waals surface area (Å²) in [5.41, 5.74) is 6.31. The molecule has 0 amide bonds. The molecular formula is C36H45NO5. The summed E-state index contributed by atoms with van der Waals surface area (Å²) in [6, 6.07) is 22.6. The molecule has 0 radical (unpaired) electrons. The maximum atomic E-state index is 11.6. The maximum Gasteiger partial charge on any atom is 0.335 e. The molecule has 0 aliphatic heterocycles. The summed E-state index contributed by atoms with van der Waals surface area (Å²) in [5, 5.41) is 18.6. The number of nitrogens with zero attached hydrogens (tertiary/aromatic N) is 1. The van der Waals surface area contributed by atoms with Crippen molar-refractivity contribution in [2.24, 2.45) is 0 Å². The molecule has 0 saturated carbocycles. The zero-order valence-electron chi connectivity index (χ0n) is 25.4. The number of carboxylic acid groups (broad SMARTS) is 2. The average molecular weight is 572 g/mol. The summed E-state index contributed by atoms with van der Waals surface area (Å²) in [4.78, 5) is 25.2. The summed E-state index contributed by atoms with van der Waals surface area (Å²) >= 11 is 0. The SMILES string of the molecule is C[C@@H](Oc1ccccc1CCN(CCCCC(=O)O)[C@@H]1CCCc2cc(C(=O)O)ccc21)c1ccc(C(C)(C)C)cc1. The van der Waals surface area contributed by atoms with E-state index >= 15 is 0 Å². The molecule has 3 aromatic carbocycles. The molecule has 0 saturated heterocycles. The lowest BCUT2D eigenvalue weighted by Gasteiger charge is -2.36. The molecule has 3 aromatic rings. The minimum Gasteiger partial charge on any atom is -0.486 e. The van der Waals surface area contributed by atoms with E-state index in [-0.39, 0.29) is 24.0 Å². The standard InChI is InChI=1S/C36H45NO5/c1-25(26-15-18-30(19-16-26)36(2,3)4)42-33-13-6-5-10-27(33)21-23-37(22-8-7-14-34(38)39)32-12-9-11-28-24-29(35(40)41)17-20-31(28)32/h5-6,10,13,15-20,24-25,32H,7-9,11-12,14,21-23H2,1-4H3,(H,38,39)(H,40,41)/t25-,32-/m1/s1. The molecule has 0 unspecified atom stereocenters. The van der Waals surface area contributed by atoms with E-state index in [9.17, 15) is 14.7 Å². The van der Waals surface area contributed by atoms with Crippen molar-refractivity contribution in [3.05, 3.63) is 100 Å². The summed E-state index contributed by atoms with van der Waals surface area (Å²) < 4.78 is 6.51. The summed E-state index contributed by atoms with van der Waals surface area (Å²) in [5.74, 6) is -0.786. The largest absolute Gasteiger partial charge is 0.486 e. The van der Waals surface area contributed by atoms with Crippen LogP contribution in [0.4, 0.5) is 0 Å². The van der Waals surface area contributed by atoms with Crippen LogP contribution in [0.1, 0.15) is 110 Å². The second-order valence-corrected chi connectivity index (χ2v) is 12.5. The van der Waals surface area contributed by atoms with Crippen molar-refractivity contribution in [3.63, 3.8) is 0 Å². The zero-order chi connectivity index (χ0) is 30.3. The fraction of sp³-hybridized carbons (Fsp3) is 0.444. The highest BCUT2D eigenvalue weighted by Crippen LogP contribution is 2.36. The number of fused-ring (bicyclic) bond motifs is 1. The monoisotopic (exact) mass is 571 g/mol. The predicted molar refractivity (Wildman–Crippen MR) is 166 cm³/mol. The Morgan fingerprint density at radius 1 is 0.976 bits per heavy atom. The number of aliphatic carboxylic acids is 1. The van der Waals surface area contributed by atoms with Crippen LogP contribution in [0.5, 0.6) is 5.75 Å². The van der Waals surface area contributed by atoms with Crippen LogP contribution in [0, 0.1) is 0 Å². The van der Waals surface area contributed by atoms with Gasteiger partial charge in [-0.2, -0.15) is 0 Å². The fourth-order valence-electron chi connectivity index (χ4n) is 5.92. The number of aryl methyl sites for hydroxylation is 1. The number of benzene rings is 3. The number of carbonyl (C=O) groups is 2. The lowest BCUT2D eigenvalue weighted by Crippen LogP contribution is -2.34. The van der Waals surface area contributed by atoms with E-state index in [1.54, 1.807) is 6.07 Å². The molecule has 42 heavy (non-hydrogen) atoms. The van der Waals surface area contributed by atoms with Crippen LogP contribution < -0.4 is 4.74 Å². The van der Waals surface area contributed by atoms with E-state index in [0.29, 0.717) is 12.0 Å². The Balaban J connectivity index is 1.50. The Hall–Kier alpha value is -3.64. The van der Waals surface area contributed by atoms with E-state index in [4.69, 9.17) is 9.84 Å². The van der Waals surface area contributed by atoms with E-state index in [1.807, 2.05) is 30.3 Å². The van der Waals surface area contributed by atoms with Gasteiger partial charge in [-0.25, -0.2) is 4.79 Å². The van der Waals surface area contributed by atoms with E-state index < -0.39 is 11.9 Å². The number of carboxylic acids is 2. The van der Waals surface area contributed by atoms with Crippen molar-refractivity contribution in [2.45, 2.75) is 90.2 Å². The second-order valence-electron chi connectivity index (χ2n) is 12.5. The first-order valence-electron chi connectivity index (χ1n) is 15.2. The quantitative estimate of drug-likeness (QED) is 0.202.